The number of nitrogen functional groups attached to an aromatic ring is 1. The fourth-order valence-corrected chi connectivity index (χ4v) is 4.15. The van der Waals surface area contributed by atoms with Gasteiger partial charge in [-0.3, -0.25) is 0 Å². The topological polar surface area (TPSA) is 188 Å². The molecule has 14 heteroatoms. The minimum atomic E-state index is -4.04. The third kappa shape index (κ3) is 5.05. The molecule has 4 atom stereocenters. The van der Waals surface area contributed by atoms with Crippen LogP contribution < -0.4 is 20.3 Å². The Bertz CT molecular complexity index is 1420. The van der Waals surface area contributed by atoms with Crippen LogP contribution in [0.5, 0.6) is 5.75 Å². The molecule has 1 fully saturated rings. The maximum absolute atomic E-state index is 14.4. The second-order valence-electron chi connectivity index (χ2n) is 7.64. The third-order valence-electron chi connectivity index (χ3n) is 5.33. The predicted molar refractivity (Wildman–Crippen MR) is 123 cm³/mol. The summed E-state index contributed by atoms with van der Waals surface area (Å²) in [6, 6.07) is 4.36. The first-order valence-corrected chi connectivity index (χ1v) is 12.0. The van der Waals surface area contributed by atoms with Crippen LogP contribution in [0.25, 0.3) is 11.0 Å². The molecule has 0 radical (unpaired) electrons. The van der Waals surface area contributed by atoms with Gasteiger partial charge in [-0.1, -0.05) is 17.9 Å². The van der Waals surface area contributed by atoms with Crippen molar-refractivity contribution in [3.05, 3.63) is 47.7 Å². The van der Waals surface area contributed by atoms with E-state index in [1.165, 1.54) is 29.2 Å². The van der Waals surface area contributed by atoms with Crippen LogP contribution in [0, 0.1) is 17.7 Å². The molecule has 0 spiro atoms. The van der Waals surface area contributed by atoms with Crippen LogP contribution >= 0.6 is 0 Å². The molecule has 0 aliphatic carbocycles. The maximum atomic E-state index is 14.4. The number of anilines is 1. The summed E-state index contributed by atoms with van der Waals surface area (Å²) >= 11 is 0. The lowest BCUT2D eigenvalue weighted by atomic mass is 10.1. The zero-order valence-electron chi connectivity index (χ0n) is 18.4. The van der Waals surface area contributed by atoms with Crippen LogP contribution in [0.3, 0.4) is 0 Å². The summed E-state index contributed by atoms with van der Waals surface area (Å²) in [6.07, 6.45) is -2.49. The van der Waals surface area contributed by atoms with Crippen molar-refractivity contribution in [2.24, 2.45) is 5.14 Å². The van der Waals surface area contributed by atoms with Gasteiger partial charge in [-0.25, -0.2) is 19.5 Å². The molecule has 0 bridgehead atoms. The monoisotopic (exact) mass is 506 g/mol. The van der Waals surface area contributed by atoms with Crippen molar-refractivity contribution in [1.29, 1.82) is 0 Å². The molecule has 186 valence electrons. The first-order chi connectivity index (χ1) is 16.6. The molecule has 1 aliphatic rings. The molecular weight excluding hydrogens is 483 g/mol. The Morgan fingerprint density at radius 2 is 2.06 bits per heavy atom. The molecule has 1 aliphatic heterocycles. The van der Waals surface area contributed by atoms with Gasteiger partial charge in [-0.05, 0) is 19.1 Å². The number of nitrogens with zero attached hydrogens (tertiary/aromatic N) is 3. The number of aliphatic hydroxyl groups excluding tert-OH is 2. The summed E-state index contributed by atoms with van der Waals surface area (Å²) in [7, 11) is -4.04. The second kappa shape index (κ2) is 9.74. The Balaban J connectivity index is 1.75. The second-order valence-corrected chi connectivity index (χ2v) is 9.02. The number of ether oxygens (including phenoxy) is 2. The SMILES string of the molecule is CCOc1cccc(F)c1C#Cc1cn(C2OC(CNS(N)(=O)=O)C(O)C2O)c2ncnc(N)c12. The standard InChI is InChI=1S/C21H23FN6O6S/c1-2-33-14-5-3-4-13(22)12(14)7-6-11-9-28(20-16(11)19(23)25-10-26-20)21-18(30)17(29)15(34-21)8-27-35(24,31)32/h3-5,9-10,15,17-18,21,27,29-30H,2,8H2,1H3,(H2,23,25,26)(H2,24,31,32). The average Bonchev–Trinajstić information content (AvgIpc) is 3.30. The number of benzene rings is 1. The average molecular weight is 507 g/mol. The minimum Gasteiger partial charge on any atom is -0.492 e. The van der Waals surface area contributed by atoms with E-state index in [0.29, 0.717) is 17.6 Å². The molecule has 0 amide bonds. The van der Waals surface area contributed by atoms with Crippen LogP contribution in [-0.2, 0) is 14.9 Å². The van der Waals surface area contributed by atoms with E-state index in [1.54, 1.807) is 13.0 Å². The number of nitrogens with two attached hydrogens (primary N) is 2. The number of halogens is 1. The van der Waals surface area contributed by atoms with Crippen LogP contribution in [0.2, 0.25) is 0 Å². The Kier molecular flexibility index (Phi) is 6.90. The summed E-state index contributed by atoms with van der Waals surface area (Å²) in [5.41, 5.74) is 6.64. The number of nitrogens with one attached hydrogen (secondary N) is 1. The zero-order chi connectivity index (χ0) is 25.3. The number of rotatable bonds is 6. The van der Waals surface area contributed by atoms with E-state index < -0.39 is 40.6 Å². The number of fused-ring (bicyclic) bond motifs is 1. The van der Waals surface area contributed by atoms with E-state index in [1.807, 2.05) is 4.72 Å². The van der Waals surface area contributed by atoms with E-state index in [9.17, 15) is 23.0 Å². The number of aromatic nitrogens is 3. The van der Waals surface area contributed by atoms with Crippen molar-refractivity contribution in [1.82, 2.24) is 19.3 Å². The molecule has 4 rings (SSSR count). The lowest BCUT2D eigenvalue weighted by Crippen LogP contribution is -2.42. The molecule has 35 heavy (non-hydrogen) atoms. The van der Waals surface area contributed by atoms with Gasteiger partial charge >= 0.3 is 0 Å². The third-order valence-corrected chi connectivity index (χ3v) is 5.90. The number of aliphatic hydroxyl groups is 2. The maximum Gasteiger partial charge on any atom is 0.274 e. The summed E-state index contributed by atoms with van der Waals surface area (Å²) < 4.78 is 51.4. The molecule has 7 N–H and O–H groups in total. The minimum absolute atomic E-state index is 0.0485. The van der Waals surface area contributed by atoms with Gasteiger partial charge in [0, 0.05) is 12.7 Å². The van der Waals surface area contributed by atoms with Crippen molar-refractivity contribution >= 4 is 27.1 Å². The Morgan fingerprint density at radius 1 is 1.29 bits per heavy atom. The summed E-state index contributed by atoms with van der Waals surface area (Å²) in [6.45, 7) is 1.71. The van der Waals surface area contributed by atoms with E-state index >= 15 is 0 Å². The highest BCUT2D eigenvalue weighted by molar-refractivity contribution is 7.87. The Morgan fingerprint density at radius 3 is 2.77 bits per heavy atom. The first-order valence-electron chi connectivity index (χ1n) is 10.4. The molecule has 4 unspecified atom stereocenters. The van der Waals surface area contributed by atoms with Crippen molar-refractivity contribution in [3.8, 4) is 17.6 Å². The van der Waals surface area contributed by atoms with Gasteiger partial charge in [0.25, 0.3) is 10.2 Å². The van der Waals surface area contributed by atoms with Crippen LogP contribution in [0.1, 0.15) is 24.3 Å². The van der Waals surface area contributed by atoms with E-state index in [-0.39, 0.29) is 29.3 Å². The molecule has 2 aromatic heterocycles. The number of hydrogen-bond donors (Lipinski definition) is 5. The normalized spacial score (nSPS) is 22.2. The molecule has 1 saturated heterocycles. The van der Waals surface area contributed by atoms with E-state index in [4.69, 9.17) is 20.3 Å². The molecule has 0 saturated carbocycles. The van der Waals surface area contributed by atoms with Gasteiger partial charge in [-0.2, -0.15) is 13.1 Å². The lowest BCUT2D eigenvalue weighted by Gasteiger charge is -2.17. The van der Waals surface area contributed by atoms with Crippen LogP contribution in [-0.4, -0.2) is 64.6 Å². The summed E-state index contributed by atoms with van der Waals surface area (Å²) in [5, 5.41) is 26.2. The van der Waals surface area contributed by atoms with Crippen molar-refractivity contribution in [2.45, 2.75) is 31.5 Å². The summed E-state index contributed by atoms with van der Waals surface area (Å²) in [4.78, 5) is 8.17. The highest BCUT2D eigenvalue weighted by atomic mass is 32.2. The smallest absolute Gasteiger partial charge is 0.274 e. The summed E-state index contributed by atoms with van der Waals surface area (Å²) in [5.74, 6) is 5.39. The van der Waals surface area contributed by atoms with Gasteiger partial charge < -0.3 is 30.0 Å². The van der Waals surface area contributed by atoms with Gasteiger partial charge in [-0.15, -0.1) is 0 Å². The molecule has 3 heterocycles. The highest BCUT2D eigenvalue weighted by Crippen LogP contribution is 2.34. The van der Waals surface area contributed by atoms with Crippen LogP contribution in [0.4, 0.5) is 10.2 Å². The zero-order valence-corrected chi connectivity index (χ0v) is 19.2. The van der Waals surface area contributed by atoms with E-state index in [0.717, 1.165) is 0 Å². The van der Waals surface area contributed by atoms with Gasteiger partial charge in [0.05, 0.1) is 17.6 Å². The fourth-order valence-electron chi connectivity index (χ4n) is 3.75. The molecular formula is C21H23FN6O6S. The van der Waals surface area contributed by atoms with E-state index in [2.05, 4.69) is 21.8 Å². The molecule has 3 aromatic rings. The highest BCUT2D eigenvalue weighted by Gasteiger charge is 2.44. The van der Waals surface area contributed by atoms with Gasteiger partial charge in [0.2, 0.25) is 0 Å². The molecule has 12 nitrogen and oxygen atoms in total. The van der Waals surface area contributed by atoms with Crippen LogP contribution in [0.15, 0.2) is 30.7 Å². The van der Waals surface area contributed by atoms with Crippen molar-refractivity contribution in [2.75, 3.05) is 18.9 Å². The Labute approximate surface area is 199 Å². The Hall–Kier alpha value is -3.32. The lowest BCUT2D eigenvalue weighted by molar-refractivity contribution is -0.0327. The quantitative estimate of drug-likeness (QED) is 0.271. The van der Waals surface area contributed by atoms with Crippen molar-refractivity contribution in [3.63, 3.8) is 0 Å². The largest absolute Gasteiger partial charge is 0.492 e. The van der Waals surface area contributed by atoms with Gasteiger partial charge in [0.15, 0.2) is 6.23 Å². The molecule has 1 aromatic carbocycles. The van der Waals surface area contributed by atoms with Gasteiger partial charge in [0.1, 0.15) is 53.2 Å². The predicted octanol–water partition coefficient (Wildman–Crippen LogP) is -0.637. The van der Waals surface area contributed by atoms with Crippen molar-refractivity contribution < 1.29 is 32.5 Å². The first kappa shape index (κ1) is 24.8. The number of hydrogen-bond acceptors (Lipinski definition) is 9. The fraction of sp³-hybridized carbons (Fsp3) is 0.333.